The van der Waals surface area contributed by atoms with Gasteiger partial charge in [-0.15, -0.1) is 0 Å². The van der Waals surface area contributed by atoms with E-state index in [1.165, 1.54) is 25.3 Å². The minimum atomic E-state index is -0.599. The molecule has 7 heteroatoms. The molecular weight excluding hydrogens is 308 g/mol. The molecule has 2 rings (SSSR count). The highest BCUT2D eigenvalue weighted by molar-refractivity contribution is 6.32. The summed E-state index contributed by atoms with van der Waals surface area (Å²) in [6.45, 7) is 0. The molecule has 6 nitrogen and oxygen atoms in total. The number of nitrogens with one attached hydrogen (secondary N) is 1. The summed E-state index contributed by atoms with van der Waals surface area (Å²) in [7, 11) is 1.53. The number of hydrogen-bond acceptors (Lipinski definition) is 4. The lowest BCUT2D eigenvalue weighted by molar-refractivity contribution is -0.384. The fraction of sp³-hybridized carbons (Fsp3) is 0.133. The molecule has 2 aromatic rings. The minimum absolute atomic E-state index is 0.0210. The Labute approximate surface area is 131 Å². The predicted molar refractivity (Wildman–Crippen MR) is 83.4 cm³/mol. The van der Waals surface area contributed by atoms with E-state index in [-0.39, 0.29) is 23.0 Å². The minimum Gasteiger partial charge on any atom is -0.496 e. The van der Waals surface area contributed by atoms with Crippen molar-refractivity contribution in [2.75, 3.05) is 12.4 Å². The molecule has 0 bridgehead atoms. The Kier molecular flexibility index (Phi) is 4.95. The van der Waals surface area contributed by atoms with Gasteiger partial charge in [-0.25, -0.2) is 0 Å². The predicted octanol–water partition coefficient (Wildman–Crippen LogP) is 3.44. The number of halogens is 1. The average Bonchev–Trinajstić information content (AvgIpc) is 2.49. The lowest BCUT2D eigenvalue weighted by atomic mass is 10.1. The maximum Gasteiger partial charge on any atom is 0.289 e. The van der Waals surface area contributed by atoms with E-state index in [1.807, 2.05) is 6.07 Å². The molecule has 0 unspecified atom stereocenters. The molecular formula is C15H13ClN2O4. The Morgan fingerprint density at radius 2 is 2.05 bits per heavy atom. The fourth-order valence-corrected chi connectivity index (χ4v) is 2.14. The van der Waals surface area contributed by atoms with Gasteiger partial charge >= 0.3 is 0 Å². The van der Waals surface area contributed by atoms with Gasteiger partial charge in [0.05, 0.1) is 18.5 Å². The van der Waals surface area contributed by atoms with Gasteiger partial charge in [-0.05, 0) is 18.2 Å². The zero-order valence-corrected chi connectivity index (χ0v) is 12.5. The lowest BCUT2D eigenvalue weighted by Crippen LogP contribution is -2.15. The molecule has 114 valence electrons. The van der Waals surface area contributed by atoms with Crippen molar-refractivity contribution >= 4 is 28.9 Å². The van der Waals surface area contributed by atoms with E-state index in [2.05, 4.69) is 5.32 Å². The van der Waals surface area contributed by atoms with Crippen LogP contribution in [0, 0.1) is 10.1 Å². The number of ether oxygens (including phenoxy) is 1. The summed E-state index contributed by atoms with van der Waals surface area (Å²) in [5.41, 5.74) is 0.790. The van der Waals surface area contributed by atoms with Gasteiger partial charge in [-0.3, -0.25) is 14.9 Å². The van der Waals surface area contributed by atoms with Crippen molar-refractivity contribution in [1.29, 1.82) is 0 Å². The Bertz CT molecular complexity index is 718. The second-order valence-electron chi connectivity index (χ2n) is 4.46. The summed E-state index contributed by atoms with van der Waals surface area (Å²) in [6.07, 6.45) is 0.0977. The summed E-state index contributed by atoms with van der Waals surface area (Å²) in [4.78, 5) is 22.3. The van der Waals surface area contributed by atoms with E-state index in [0.29, 0.717) is 11.4 Å². The van der Waals surface area contributed by atoms with E-state index in [4.69, 9.17) is 16.3 Å². The third kappa shape index (κ3) is 3.73. The first-order chi connectivity index (χ1) is 10.5. The molecule has 2 aromatic carbocycles. The van der Waals surface area contributed by atoms with Gasteiger partial charge in [0.25, 0.3) is 5.69 Å². The topological polar surface area (TPSA) is 81.5 Å². The van der Waals surface area contributed by atoms with Crippen LogP contribution in [0.15, 0.2) is 42.5 Å². The first kappa shape index (κ1) is 15.8. The summed E-state index contributed by atoms with van der Waals surface area (Å²) in [5.74, 6) is 0.306. The van der Waals surface area contributed by atoms with E-state index >= 15 is 0 Å². The van der Waals surface area contributed by atoms with E-state index in [0.717, 1.165) is 5.56 Å². The third-order valence-electron chi connectivity index (χ3n) is 2.97. The highest BCUT2D eigenvalue weighted by atomic mass is 35.5. The molecule has 0 aliphatic heterocycles. The van der Waals surface area contributed by atoms with Crippen molar-refractivity contribution in [3.8, 4) is 5.75 Å². The number of para-hydroxylation sites is 1. The number of carbonyl (C=O) groups is 1. The number of nitro groups is 1. The number of anilines is 1. The van der Waals surface area contributed by atoms with Crippen LogP contribution in [0.3, 0.4) is 0 Å². The molecule has 0 aromatic heterocycles. The van der Waals surface area contributed by atoms with Crippen LogP contribution in [0.1, 0.15) is 5.56 Å². The molecule has 22 heavy (non-hydrogen) atoms. The van der Waals surface area contributed by atoms with E-state index in [1.54, 1.807) is 18.2 Å². The van der Waals surface area contributed by atoms with E-state index < -0.39 is 4.92 Å². The standard InChI is InChI=1S/C15H13ClN2O4/c1-22-14-5-3-2-4-10(14)8-15(19)17-11-6-7-12(16)13(9-11)18(20)21/h2-7,9H,8H2,1H3,(H,17,19). The van der Waals surface area contributed by atoms with Gasteiger partial charge < -0.3 is 10.1 Å². The van der Waals surface area contributed by atoms with Crippen LogP contribution in [0.25, 0.3) is 0 Å². The molecule has 0 saturated carbocycles. The first-order valence-electron chi connectivity index (χ1n) is 6.37. The molecule has 0 aliphatic rings. The first-order valence-corrected chi connectivity index (χ1v) is 6.74. The largest absolute Gasteiger partial charge is 0.496 e. The summed E-state index contributed by atoms with van der Waals surface area (Å²) < 4.78 is 5.18. The summed E-state index contributed by atoms with van der Waals surface area (Å²) >= 11 is 5.73. The third-order valence-corrected chi connectivity index (χ3v) is 3.29. The normalized spacial score (nSPS) is 10.1. The van der Waals surface area contributed by atoms with Crippen LogP contribution in [-0.4, -0.2) is 17.9 Å². The van der Waals surface area contributed by atoms with Crippen LogP contribution in [0.5, 0.6) is 5.75 Å². The van der Waals surface area contributed by atoms with Crippen LogP contribution in [0.4, 0.5) is 11.4 Å². The molecule has 0 heterocycles. The second-order valence-corrected chi connectivity index (χ2v) is 4.87. The van der Waals surface area contributed by atoms with Gasteiger partial charge in [0.15, 0.2) is 0 Å². The van der Waals surface area contributed by atoms with Crippen molar-refractivity contribution in [2.24, 2.45) is 0 Å². The van der Waals surface area contributed by atoms with Crippen molar-refractivity contribution in [3.05, 3.63) is 63.2 Å². The smallest absolute Gasteiger partial charge is 0.289 e. The molecule has 0 fully saturated rings. The Morgan fingerprint density at radius 3 is 2.73 bits per heavy atom. The number of rotatable bonds is 5. The fourth-order valence-electron chi connectivity index (χ4n) is 1.96. The zero-order chi connectivity index (χ0) is 16.1. The van der Waals surface area contributed by atoms with E-state index in [9.17, 15) is 14.9 Å². The molecule has 0 spiro atoms. The number of hydrogen-bond donors (Lipinski definition) is 1. The van der Waals surface area contributed by atoms with Crippen molar-refractivity contribution < 1.29 is 14.5 Å². The Balaban J connectivity index is 2.12. The molecule has 0 aliphatic carbocycles. The van der Waals surface area contributed by atoms with Crippen LogP contribution < -0.4 is 10.1 Å². The highest BCUT2D eigenvalue weighted by Crippen LogP contribution is 2.27. The molecule has 1 N–H and O–H groups in total. The lowest BCUT2D eigenvalue weighted by Gasteiger charge is -2.09. The van der Waals surface area contributed by atoms with Crippen LogP contribution in [-0.2, 0) is 11.2 Å². The van der Waals surface area contributed by atoms with Crippen molar-refractivity contribution in [2.45, 2.75) is 6.42 Å². The number of amides is 1. The Hall–Kier alpha value is -2.60. The number of nitrogens with zero attached hydrogens (tertiary/aromatic N) is 1. The number of benzene rings is 2. The van der Waals surface area contributed by atoms with Gasteiger partial charge in [-0.1, -0.05) is 29.8 Å². The van der Waals surface area contributed by atoms with Crippen LogP contribution in [0.2, 0.25) is 5.02 Å². The molecule has 0 atom stereocenters. The van der Waals surface area contributed by atoms with Crippen LogP contribution >= 0.6 is 11.6 Å². The van der Waals surface area contributed by atoms with Gasteiger partial charge in [-0.2, -0.15) is 0 Å². The molecule has 0 saturated heterocycles. The zero-order valence-electron chi connectivity index (χ0n) is 11.7. The Morgan fingerprint density at radius 1 is 1.32 bits per heavy atom. The molecule has 0 radical (unpaired) electrons. The monoisotopic (exact) mass is 320 g/mol. The SMILES string of the molecule is COc1ccccc1CC(=O)Nc1ccc(Cl)c([N+](=O)[O-])c1. The number of carbonyl (C=O) groups excluding carboxylic acids is 1. The van der Waals surface area contributed by atoms with Crippen molar-refractivity contribution in [1.82, 2.24) is 0 Å². The number of methoxy groups -OCH3 is 1. The quantitative estimate of drug-likeness (QED) is 0.676. The van der Waals surface area contributed by atoms with Crippen molar-refractivity contribution in [3.63, 3.8) is 0 Å². The van der Waals surface area contributed by atoms with Gasteiger partial charge in [0.2, 0.25) is 5.91 Å². The number of nitro benzene ring substituents is 1. The van der Waals surface area contributed by atoms with Gasteiger partial charge in [0.1, 0.15) is 10.8 Å². The van der Waals surface area contributed by atoms with Gasteiger partial charge in [0, 0.05) is 17.3 Å². The maximum absolute atomic E-state index is 12.0. The molecule has 1 amide bonds. The second kappa shape index (κ2) is 6.91. The average molecular weight is 321 g/mol. The maximum atomic E-state index is 12.0. The summed E-state index contributed by atoms with van der Waals surface area (Å²) in [6, 6.07) is 11.3. The highest BCUT2D eigenvalue weighted by Gasteiger charge is 2.14. The summed E-state index contributed by atoms with van der Waals surface area (Å²) in [5, 5.41) is 13.5.